The normalized spacial score (nSPS) is 27.3. The van der Waals surface area contributed by atoms with Crippen LogP contribution in [0.4, 0.5) is 0 Å². The monoisotopic (exact) mass is 552 g/mol. The van der Waals surface area contributed by atoms with Gasteiger partial charge in [0, 0.05) is 17.7 Å². The van der Waals surface area contributed by atoms with E-state index < -0.39 is 71.3 Å². The maximum atomic E-state index is 12.4. The van der Waals surface area contributed by atoms with Gasteiger partial charge in [-0.25, -0.2) is 18.5 Å². The molecule has 3 unspecified atom stereocenters. The van der Waals surface area contributed by atoms with Crippen LogP contribution >= 0.6 is 23.5 Å². The molecule has 0 bridgehead atoms. The van der Waals surface area contributed by atoms with Crippen LogP contribution in [-0.4, -0.2) is 53.5 Å². The fraction of sp³-hybridized carbons (Fsp3) is 0.733. The van der Waals surface area contributed by atoms with Crippen molar-refractivity contribution in [1.29, 1.82) is 0 Å². The second-order valence-corrected chi connectivity index (χ2v) is 12.9. The Hall–Kier alpha value is -0.990. The molecule has 1 aromatic heterocycles. The van der Waals surface area contributed by atoms with E-state index in [-0.39, 0.29) is 5.56 Å². The van der Waals surface area contributed by atoms with Crippen molar-refractivity contribution in [3.8, 4) is 0 Å². The number of rotatable bonds is 9. The summed E-state index contributed by atoms with van der Waals surface area (Å²) in [5, 5.41) is 0. The highest BCUT2D eigenvalue weighted by atomic mass is 31.3. The molecular weight excluding hydrogens is 525 g/mol. The smallest absolute Gasteiger partial charge is 0.368 e. The Bertz CT molecular complexity index is 1150. The van der Waals surface area contributed by atoms with Crippen molar-refractivity contribution in [2.75, 3.05) is 6.61 Å². The van der Waals surface area contributed by atoms with E-state index >= 15 is 0 Å². The molecule has 2 heterocycles. The van der Waals surface area contributed by atoms with Crippen molar-refractivity contribution < 1.29 is 55.9 Å². The molecule has 5 N–H and O–H groups in total. The van der Waals surface area contributed by atoms with E-state index in [0.717, 1.165) is 4.57 Å². The molecule has 0 aromatic carbocycles. The Balaban J connectivity index is 2.25. The minimum Gasteiger partial charge on any atom is -0.368 e. The van der Waals surface area contributed by atoms with E-state index in [1.807, 2.05) is 0 Å². The molecule has 0 spiro atoms. The zero-order valence-electron chi connectivity index (χ0n) is 18.8. The van der Waals surface area contributed by atoms with Crippen molar-refractivity contribution in [1.82, 2.24) is 9.55 Å². The lowest BCUT2D eigenvalue weighted by molar-refractivity contribution is -0.122. The van der Waals surface area contributed by atoms with E-state index in [4.69, 9.17) is 19.3 Å². The summed E-state index contributed by atoms with van der Waals surface area (Å²) in [6, 6.07) is 0. The molecule has 19 heteroatoms. The predicted molar refractivity (Wildman–Crippen MR) is 114 cm³/mol. The highest BCUT2D eigenvalue weighted by Gasteiger charge is 2.47. The first-order valence-corrected chi connectivity index (χ1v) is 14.2. The van der Waals surface area contributed by atoms with Crippen LogP contribution in [0.2, 0.25) is 0 Å². The lowest BCUT2D eigenvalue weighted by Crippen LogP contribution is -2.40. The lowest BCUT2D eigenvalue weighted by Gasteiger charge is -2.30. The largest absolute Gasteiger partial charge is 0.490 e. The number of ether oxygens (including phenoxy) is 2. The molecule has 196 valence electrons. The Kier molecular flexibility index (Phi) is 8.75. The van der Waals surface area contributed by atoms with Crippen LogP contribution in [0.15, 0.2) is 15.8 Å². The molecule has 0 amide bonds. The highest BCUT2D eigenvalue weighted by Crippen LogP contribution is 2.66. The molecule has 2 rings (SSSR count). The van der Waals surface area contributed by atoms with Crippen molar-refractivity contribution in [3.63, 3.8) is 0 Å². The maximum Gasteiger partial charge on any atom is 0.490 e. The van der Waals surface area contributed by atoms with E-state index in [0.29, 0.717) is 0 Å². The average Bonchev–Trinajstić information content (AvgIpc) is 2.88. The summed E-state index contributed by atoms with van der Waals surface area (Å²) in [4.78, 5) is 62.4. The first-order chi connectivity index (χ1) is 15.2. The summed E-state index contributed by atoms with van der Waals surface area (Å²) in [6.07, 6.45) is -1.66. The van der Waals surface area contributed by atoms with Gasteiger partial charge in [0.05, 0.1) is 18.3 Å². The number of aryl methyl sites for hydroxylation is 1. The first-order valence-electron chi connectivity index (χ1n) is 9.63. The van der Waals surface area contributed by atoms with Crippen LogP contribution in [0.3, 0.4) is 0 Å². The molecule has 16 nitrogen and oxygen atoms in total. The molecule has 0 radical (unpaired) electrons. The van der Waals surface area contributed by atoms with E-state index in [9.17, 15) is 33.1 Å². The molecule has 6 atom stereocenters. The number of nitrogens with one attached hydrogen (secondary N) is 1. The Morgan fingerprint density at radius 2 is 1.68 bits per heavy atom. The summed E-state index contributed by atoms with van der Waals surface area (Å²) in [5.41, 5.74) is -1.88. The molecular formula is C15H27N2O14P3. The quantitative estimate of drug-likeness (QED) is 0.268. The number of H-pyrrole nitrogens is 1. The Labute approximate surface area is 193 Å². The maximum absolute atomic E-state index is 12.4. The van der Waals surface area contributed by atoms with Gasteiger partial charge >= 0.3 is 29.2 Å². The van der Waals surface area contributed by atoms with Crippen LogP contribution in [-0.2, 0) is 36.3 Å². The number of nitrogens with zero attached hydrogens (tertiary/aromatic N) is 1. The number of hydrogen-bond acceptors (Lipinski definition) is 10. The number of hydrogen-bond donors (Lipinski definition) is 5. The lowest BCUT2D eigenvalue weighted by atomic mass is 9.99. The van der Waals surface area contributed by atoms with Gasteiger partial charge < -0.3 is 29.0 Å². The Morgan fingerprint density at radius 3 is 2.21 bits per heavy atom. The average molecular weight is 552 g/mol. The van der Waals surface area contributed by atoms with Crippen LogP contribution in [0.1, 0.15) is 39.5 Å². The van der Waals surface area contributed by atoms with Gasteiger partial charge in [0.25, 0.3) is 5.56 Å². The SMILES string of the molecule is Cc1cn([C@@H]2O[C@H](COP(=O)(O)OP(=O)(O)OP(=O)(O)O)[C@H](C)C2OC(C)(C)C)c(=O)[nH]c1=O. The van der Waals surface area contributed by atoms with Crippen LogP contribution in [0.25, 0.3) is 0 Å². The molecule has 0 saturated carbocycles. The van der Waals surface area contributed by atoms with E-state index in [1.54, 1.807) is 27.7 Å². The van der Waals surface area contributed by atoms with Gasteiger partial charge in [0.2, 0.25) is 0 Å². The predicted octanol–water partition coefficient (Wildman–Crippen LogP) is 0.906. The summed E-state index contributed by atoms with van der Waals surface area (Å²) in [5.74, 6) is -0.587. The standard InChI is InChI=1S/C15H27N2O14P3/c1-8-6-17(14(19)16-12(8)18)13-11(29-15(3,4)5)9(2)10(28-13)7-27-33(23,24)31-34(25,26)30-32(20,21)22/h6,9-11,13H,7H2,1-5H3,(H,23,24)(H,25,26)(H,16,18,19)(H2,20,21,22)/t9-,10+,11?,13+/m0/s1. The topological polar surface area (TPSA) is 233 Å². The van der Waals surface area contributed by atoms with Gasteiger partial charge in [-0.2, -0.15) is 8.62 Å². The van der Waals surface area contributed by atoms with Gasteiger partial charge in [-0.3, -0.25) is 18.9 Å². The number of aromatic amines is 1. The second-order valence-electron chi connectivity index (χ2n) is 8.48. The third-order valence-corrected chi connectivity index (χ3v) is 8.23. The molecule has 1 saturated heterocycles. The third kappa shape index (κ3) is 8.30. The van der Waals surface area contributed by atoms with Gasteiger partial charge in [-0.05, 0) is 27.7 Å². The van der Waals surface area contributed by atoms with Crippen molar-refractivity contribution in [3.05, 3.63) is 32.6 Å². The number of aromatic nitrogens is 2. The highest BCUT2D eigenvalue weighted by molar-refractivity contribution is 7.66. The molecule has 1 aliphatic heterocycles. The summed E-state index contributed by atoms with van der Waals surface area (Å²) >= 11 is 0. The molecule has 1 aromatic rings. The fourth-order valence-electron chi connectivity index (χ4n) is 3.09. The van der Waals surface area contributed by atoms with Crippen molar-refractivity contribution in [2.24, 2.45) is 5.92 Å². The van der Waals surface area contributed by atoms with Gasteiger partial charge in [-0.15, -0.1) is 0 Å². The molecule has 1 aliphatic rings. The van der Waals surface area contributed by atoms with Crippen molar-refractivity contribution in [2.45, 2.75) is 58.7 Å². The zero-order chi connectivity index (χ0) is 26.3. The van der Waals surface area contributed by atoms with E-state index in [1.165, 1.54) is 13.1 Å². The van der Waals surface area contributed by atoms with Crippen LogP contribution in [0, 0.1) is 12.8 Å². The second kappa shape index (κ2) is 10.2. The number of phosphoric ester groups is 1. The van der Waals surface area contributed by atoms with E-state index in [2.05, 4.69) is 18.1 Å². The van der Waals surface area contributed by atoms with Crippen LogP contribution in [0.5, 0.6) is 0 Å². The van der Waals surface area contributed by atoms with Gasteiger partial charge in [0.15, 0.2) is 6.23 Å². The minimum atomic E-state index is -5.67. The molecule has 0 aliphatic carbocycles. The number of phosphoric acid groups is 3. The van der Waals surface area contributed by atoms with Crippen LogP contribution < -0.4 is 11.2 Å². The van der Waals surface area contributed by atoms with Crippen molar-refractivity contribution >= 4 is 23.5 Å². The van der Waals surface area contributed by atoms with Gasteiger partial charge in [0.1, 0.15) is 6.10 Å². The summed E-state index contributed by atoms with van der Waals surface area (Å²) < 4.78 is 59.2. The fourth-order valence-corrected chi connectivity index (χ4v) is 6.12. The third-order valence-electron chi connectivity index (χ3n) is 4.43. The Morgan fingerprint density at radius 1 is 1.09 bits per heavy atom. The molecule has 1 fully saturated rings. The first kappa shape index (κ1) is 29.2. The summed E-state index contributed by atoms with van der Waals surface area (Å²) in [7, 11) is -16.6. The summed E-state index contributed by atoms with van der Waals surface area (Å²) in [6.45, 7) is 7.62. The van der Waals surface area contributed by atoms with Gasteiger partial charge in [-0.1, -0.05) is 6.92 Å². The minimum absolute atomic E-state index is 0.210. The zero-order valence-corrected chi connectivity index (χ0v) is 21.4. The molecule has 34 heavy (non-hydrogen) atoms.